The highest BCUT2D eigenvalue weighted by molar-refractivity contribution is 8.00. The third kappa shape index (κ3) is 4.61. The minimum atomic E-state index is -0.261. The predicted octanol–water partition coefficient (Wildman–Crippen LogP) is 2.19. The van der Waals surface area contributed by atoms with Gasteiger partial charge >= 0.3 is 0 Å². The quantitative estimate of drug-likeness (QED) is 0.786. The van der Waals surface area contributed by atoms with E-state index in [1.807, 2.05) is 52.1 Å². The van der Waals surface area contributed by atoms with Crippen molar-refractivity contribution >= 4 is 29.3 Å². The van der Waals surface area contributed by atoms with Crippen LogP contribution < -0.4 is 10.6 Å². The van der Waals surface area contributed by atoms with Crippen molar-refractivity contribution in [3.8, 4) is 0 Å². The monoisotopic (exact) mass is 346 g/mol. The fourth-order valence-electron chi connectivity index (χ4n) is 2.23. The van der Waals surface area contributed by atoms with Crippen molar-refractivity contribution in [3.05, 3.63) is 41.2 Å². The van der Waals surface area contributed by atoms with E-state index in [2.05, 4.69) is 15.7 Å². The number of aromatic nitrogens is 2. The van der Waals surface area contributed by atoms with Crippen LogP contribution in [0.4, 0.5) is 5.69 Å². The molecule has 2 aromatic rings. The lowest BCUT2D eigenvalue weighted by Gasteiger charge is -2.08. The third-order valence-electron chi connectivity index (χ3n) is 3.67. The number of nitrogens with one attached hydrogen (secondary N) is 2. The number of thioether (sulfide) groups is 1. The number of rotatable bonds is 6. The predicted molar refractivity (Wildman–Crippen MR) is 96.2 cm³/mol. The molecule has 24 heavy (non-hydrogen) atoms. The number of amides is 2. The van der Waals surface area contributed by atoms with Gasteiger partial charge in [-0.3, -0.25) is 14.3 Å². The summed E-state index contributed by atoms with van der Waals surface area (Å²) in [6.07, 6.45) is 0. The molecule has 0 aliphatic heterocycles. The molecule has 0 fully saturated rings. The van der Waals surface area contributed by atoms with Crippen LogP contribution in [-0.4, -0.2) is 33.9 Å². The third-order valence-corrected chi connectivity index (χ3v) is 4.85. The summed E-state index contributed by atoms with van der Waals surface area (Å²) < 4.78 is 1.71. The van der Waals surface area contributed by atoms with Gasteiger partial charge in [-0.05, 0) is 32.4 Å². The maximum atomic E-state index is 12.0. The normalized spacial score (nSPS) is 10.5. The fraction of sp³-hybridized carbons (Fsp3) is 0.353. The summed E-state index contributed by atoms with van der Waals surface area (Å²) in [7, 11) is 1.82. The second-order valence-corrected chi connectivity index (χ2v) is 6.57. The van der Waals surface area contributed by atoms with E-state index in [9.17, 15) is 9.59 Å². The summed E-state index contributed by atoms with van der Waals surface area (Å²) in [5.41, 5.74) is 3.47. The number of nitrogens with zero attached hydrogens (tertiary/aromatic N) is 2. The zero-order valence-corrected chi connectivity index (χ0v) is 15.2. The Hall–Kier alpha value is -2.28. The van der Waals surface area contributed by atoms with Gasteiger partial charge in [0, 0.05) is 11.9 Å². The van der Waals surface area contributed by atoms with Crippen LogP contribution in [0, 0.1) is 20.8 Å². The lowest BCUT2D eigenvalue weighted by molar-refractivity contribution is -0.122. The van der Waals surface area contributed by atoms with Gasteiger partial charge in [-0.2, -0.15) is 5.10 Å². The highest BCUT2D eigenvalue weighted by atomic mass is 32.2. The average molecular weight is 346 g/mol. The molecular weight excluding hydrogens is 324 g/mol. The van der Waals surface area contributed by atoms with Gasteiger partial charge in [0.15, 0.2) is 0 Å². The molecule has 1 aromatic heterocycles. The van der Waals surface area contributed by atoms with Gasteiger partial charge in [-0.15, -0.1) is 11.8 Å². The number of carbonyl (C=O) groups excluding carboxylic acids is 2. The maximum absolute atomic E-state index is 12.0. The summed E-state index contributed by atoms with van der Waals surface area (Å²) in [6, 6.07) is 7.89. The minimum Gasteiger partial charge on any atom is -0.346 e. The number of carbonyl (C=O) groups is 2. The fourth-order valence-corrected chi connectivity index (χ4v) is 3.09. The Labute approximate surface area is 146 Å². The molecule has 6 nitrogen and oxygen atoms in total. The number of benzene rings is 1. The first kappa shape index (κ1) is 18.1. The van der Waals surface area contributed by atoms with E-state index in [0.717, 1.165) is 21.8 Å². The molecule has 0 atom stereocenters. The van der Waals surface area contributed by atoms with Gasteiger partial charge in [0.1, 0.15) is 0 Å². The molecule has 7 heteroatoms. The van der Waals surface area contributed by atoms with Crippen molar-refractivity contribution < 1.29 is 9.59 Å². The Kier molecular flexibility index (Phi) is 6.03. The van der Waals surface area contributed by atoms with E-state index >= 15 is 0 Å². The standard InChI is InChI=1S/C17H22N4O2S/c1-11-7-5-6-8-14(11)24-10-16(23)18-9-15(22)19-17-12(2)20-21(4)13(17)3/h5-8H,9-10H2,1-4H3,(H,18,23)(H,19,22). The molecule has 0 aliphatic rings. The van der Waals surface area contributed by atoms with Crippen LogP contribution >= 0.6 is 11.8 Å². The van der Waals surface area contributed by atoms with Crippen molar-refractivity contribution in [3.63, 3.8) is 0 Å². The Morgan fingerprint density at radius 1 is 1.17 bits per heavy atom. The molecule has 0 bridgehead atoms. The second kappa shape index (κ2) is 8.01. The van der Waals surface area contributed by atoms with Gasteiger partial charge in [0.05, 0.1) is 29.4 Å². The van der Waals surface area contributed by atoms with E-state index in [4.69, 9.17) is 0 Å². The van der Waals surface area contributed by atoms with Crippen LogP contribution in [0.5, 0.6) is 0 Å². The molecule has 2 rings (SSSR count). The van der Waals surface area contributed by atoms with E-state index < -0.39 is 0 Å². The molecule has 2 amide bonds. The molecule has 0 unspecified atom stereocenters. The van der Waals surface area contributed by atoms with Crippen molar-refractivity contribution in [2.24, 2.45) is 7.05 Å². The largest absolute Gasteiger partial charge is 0.346 e. The summed E-state index contributed by atoms with van der Waals surface area (Å²) in [6.45, 7) is 5.67. The lowest BCUT2D eigenvalue weighted by atomic mass is 10.2. The van der Waals surface area contributed by atoms with Gasteiger partial charge in [-0.1, -0.05) is 18.2 Å². The first-order valence-electron chi connectivity index (χ1n) is 7.63. The SMILES string of the molecule is Cc1ccccc1SCC(=O)NCC(=O)Nc1c(C)nn(C)c1C. The number of aryl methyl sites for hydroxylation is 3. The molecule has 0 saturated heterocycles. The zero-order chi connectivity index (χ0) is 17.7. The van der Waals surface area contributed by atoms with Gasteiger partial charge in [-0.25, -0.2) is 0 Å². The van der Waals surface area contributed by atoms with Crippen LogP contribution in [0.25, 0.3) is 0 Å². The van der Waals surface area contributed by atoms with Gasteiger partial charge in [0.25, 0.3) is 0 Å². The first-order valence-corrected chi connectivity index (χ1v) is 8.62. The van der Waals surface area contributed by atoms with Crippen molar-refractivity contribution in [1.82, 2.24) is 15.1 Å². The first-order chi connectivity index (χ1) is 11.4. The maximum Gasteiger partial charge on any atom is 0.243 e. The smallest absolute Gasteiger partial charge is 0.243 e. The van der Waals surface area contributed by atoms with E-state index in [1.54, 1.807) is 4.68 Å². The highest BCUT2D eigenvalue weighted by Crippen LogP contribution is 2.21. The number of hydrogen-bond acceptors (Lipinski definition) is 4. The van der Waals surface area contributed by atoms with E-state index in [-0.39, 0.29) is 24.1 Å². The molecule has 0 radical (unpaired) electrons. The summed E-state index contributed by atoms with van der Waals surface area (Å²) in [4.78, 5) is 25.0. The zero-order valence-electron chi connectivity index (χ0n) is 14.3. The lowest BCUT2D eigenvalue weighted by Crippen LogP contribution is -2.34. The van der Waals surface area contributed by atoms with Gasteiger partial charge < -0.3 is 10.6 Å². The van der Waals surface area contributed by atoms with E-state index in [1.165, 1.54) is 11.8 Å². The van der Waals surface area contributed by atoms with Gasteiger partial charge in [0.2, 0.25) is 11.8 Å². The topological polar surface area (TPSA) is 76.0 Å². The molecule has 1 aromatic carbocycles. The van der Waals surface area contributed by atoms with Crippen LogP contribution in [0.1, 0.15) is 17.0 Å². The van der Waals surface area contributed by atoms with Crippen molar-refractivity contribution in [2.75, 3.05) is 17.6 Å². The van der Waals surface area contributed by atoms with Crippen LogP contribution in [-0.2, 0) is 16.6 Å². The van der Waals surface area contributed by atoms with Crippen LogP contribution in [0.3, 0.4) is 0 Å². The molecule has 2 N–H and O–H groups in total. The summed E-state index contributed by atoms with van der Waals surface area (Å²) >= 11 is 1.46. The molecule has 1 heterocycles. The molecule has 128 valence electrons. The highest BCUT2D eigenvalue weighted by Gasteiger charge is 2.13. The molecule has 0 saturated carbocycles. The Balaban J connectivity index is 1.79. The second-order valence-electron chi connectivity index (χ2n) is 5.55. The molecule has 0 spiro atoms. The van der Waals surface area contributed by atoms with Crippen LogP contribution in [0.15, 0.2) is 29.2 Å². The van der Waals surface area contributed by atoms with Crippen molar-refractivity contribution in [1.29, 1.82) is 0 Å². The Morgan fingerprint density at radius 3 is 2.50 bits per heavy atom. The number of anilines is 1. The minimum absolute atomic E-state index is 0.0546. The van der Waals surface area contributed by atoms with Crippen molar-refractivity contribution in [2.45, 2.75) is 25.7 Å². The molecule has 0 aliphatic carbocycles. The van der Waals surface area contributed by atoms with Crippen LogP contribution in [0.2, 0.25) is 0 Å². The Bertz CT molecular complexity index is 755. The number of hydrogen-bond donors (Lipinski definition) is 2. The summed E-state index contributed by atoms with van der Waals surface area (Å²) in [5, 5.41) is 9.67. The average Bonchev–Trinajstić information content (AvgIpc) is 2.78. The Morgan fingerprint density at radius 2 is 1.88 bits per heavy atom. The van der Waals surface area contributed by atoms with E-state index in [0.29, 0.717) is 5.69 Å². The summed E-state index contributed by atoms with van der Waals surface area (Å²) in [5.74, 6) is -0.148. The molecular formula is C17H22N4O2S.